The summed E-state index contributed by atoms with van der Waals surface area (Å²) >= 11 is 0. The number of halogens is 1. The molecule has 126 valence electrons. The minimum Gasteiger partial charge on any atom is -0.481 e. The van der Waals surface area contributed by atoms with Crippen LogP contribution in [0.1, 0.15) is 43.0 Å². The van der Waals surface area contributed by atoms with Gasteiger partial charge in [-0.15, -0.1) is 0 Å². The van der Waals surface area contributed by atoms with Gasteiger partial charge in [0.25, 0.3) is 5.91 Å². The summed E-state index contributed by atoms with van der Waals surface area (Å²) in [6.07, 6.45) is 2.84. The van der Waals surface area contributed by atoms with Crippen molar-refractivity contribution in [3.8, 4) is 5.75 Å². The summed E-state index contributed by atoms with van der Waals surface area (Å²) in [6.45, 7) is 3.66. The van der Waals surface area contributed by atoms with Gasteiger partial charge in [-0.1, -0.05) is 18.2 Å². The average Bonchev–Trinajstić information content (AvgIpc) is 3.04. The molecule has 0 saturated heterocycles. The number of aryl methyl sites for hydroxylation is 2. The summed E-state index contributed by atoms with van der Waals surface area (Å²) in [5.41, 5.74) is 3.92. The van der Waals surface area contributed by atoms with Crippen LogP contribution in [0.15, 0.2) is 42.5 Å². The monoisotopic (exact) mass is 327 g/mol. The lowest BCUT2D eigenvalue weighted by Crippen LogP contribution is -2.37. The van der Waals surface area contributed by atoms with E-state index in [1.54, 1.807) is 6.92 Å². The highest BCUT2D eigenvalue weighted by atomic mass is 19.1. The van der Waals surface area contributed by atoms with Crippen LogP contribution in [0.25, 0.3) is 0 Å². The minimum absolute atomic E-state index is 0.0809. The Morgan fingerprint density at radius 1 is 1.08 bits per heavy atom. The van der Waals surface area contributed by atoms with Gasteiger partial charge in [-0.05, 0) is 74.1 Å². The van der Waals surface area contributed by atoms with E-state index in [1.807, 2.05) is 6.92 Å². The molecule has 0 heterocycles. The van der Waals surface area contributed by atoms with Crippen LogP contribution in [0.4, 0.5) is 4.39 Å². The van der Waals surface area contributed by atoms with Crippen LogP contribution in [-0.2, 0) is 17.6 Å². The second kappa shape index (κ2) is 7.04. The summed E-state index contributed by atoms with van der Waals surface area (Å²) in [5.74, 6) is -0.0405. The Morgan fingerprint density at radius 3 is 2.54 bits per heavy atom. The summed E-state index contributed by atoms with van der Waals surface area (Å²) in [7, 11) is 0. The first-order chi connectivity index (χ1) is 11.5. The molecular formula is C20H22FNO2. The molecule has 3 rings (SSSR count). The van der Waals surface area contributed by atoms with Crippen LogP contribution in [0, 0.1) is 5.82 Å². The van der Waals surface area contributed by atoms with Crippen molar-refractivity contribution >= 4 is 5.91 Å². The molecule has 1 N–H and O–H groups in total. The SMILES string of the molecule is C[C@H](Oc1ccc(F)cc1)C(=O)N[C@@H](C)c1ccc2c(c1)CCC2. The van der Waals surface area contributed by atoms with Crippen LogP contribution >= 0.6 is 0 Å². The van der Waals surface area contributed by atoms with Crippen molar-refractivity contribution in [1.82, 2.24) is 5.32 Å². The van der Waals surface area contributed by atoms with Gasteiger partial charge in [0.15, 0.2) is 6.10 Å². The van der Waals surface area contributed by atoms with Crippen molar-refractivity contribution < 1.29 is 13.9 Å². The Labute approximate surface area is 141 Å². The van der Waals surface area contributed by atoms with E-state index >= 15 is 0 Å². The third kappa shape index (κ3) is 3.75. The van der Waals surface area contributed by atoms with E-state index in [1.165, 1.54) is 41.8 Å². The Morgan fingerprint density at radius 2 is 1.79 bits per heavy atom. The highest BCUT2D eigenvalue weighted by Gasteiger charge is 2.19. The number of carbonyl (C=O) groups excluding carboxylic acids is 1. The zero-order valence-corrected chi connectivity index (χ0v) is 14.0. The van der Waals surface area contributed by atoms with Crippen LogP contribution < -0.4 is 10.1 Å². The largest absolute Gasteiger partial charge is 0.481 e. The van der Waals surface area contributed by atoms with Crippen molar-refractivity contribution in [3.63, 3.8) is 0 Å². The van der Waals surface area contributed by atoms with Gasteiger partial charge in [-0.2, -0.15) is 0 Å². The number of amides is 1. The number of hydrogen-bond acceptors (Lipinski definition) is 2. The standard InChI is InChI=1S/C20H22FNO2/c1-13(16-7-6-15-4-3-5-17(15)12-16)22-20(23)14(2)24-19-10-8-18(21)9-11-19/h6-14H,3-5H2,1-2H3,(H,22,23)/t13-,14-/m0/s1. The molecule has 24 heavy (non-hydrogen) atoms. The minimum atomic E-state index is -0.646. The smallest absolute Gasteiger partial charge is 0.261 e. The van der Waals surface area contributed by atoms with Crippen molar-refractivity contribution in [2.45, 2.75) is 45.3 Å². The van der Waals surface area contributed by atoms with Crippen molar-refractivity contribution in [2.24, 2.45) is 0 Å². The summed E-state index contributed by atoms with van der Waals surface area (Å²) < 4.78 is 18.5. The Bertz CT molecular complexity index is 727. The molecule has 1 aliphatic carbocycles. The molecule has 0 spiro atoms. The first kappa shape index (κ1) is 16.5. The lowest BCUT2D eigenvalue weighted by molar-refractivity contribution is -0.127. The summed E-state index contributed by atoms with van der Waals surface area (Å²) in [4.78, 5) is 12.3. The second-order valence-electron chi connectivity index (χ2n) is 6.33. The first-order valence-corrected chi connectivity index (χ1v) is 8.37. The third-order valence-electron chi connectivity index (χ3n) is 4.48. The second-order valence-corrected chi connectivity index (χ2v) is 6.33. The van der Waals surface area contributed by atoms with Crippen LogP contribution in [-0.4, -0.2) is 12.0 Å². The van der Waals surface area contributed by atoms with Gasteiger partial charge in [0.1, 0.15) is 11.6 Å². The lowest BCUT2D eigenvalue weighted by Gasteiger charge is -2.19. The van der Waals surface area contributed by atoms with Gasteiger partial charge >= 0.3 is 0 Å². The molecule has 4 heteroatoms. The van der Waals surface area contributed by atoms with E-state index in [-0.39, 0.29) is 17.8 Å². The maximum Gasteiger partial charge on any atom is 0.261 e. The topological polar surface area (TPSA) is 38.3 Å². The molecule has 0 bridgehead atoms. The number of carbonyl (C=O) groups is 1. The van der Waals surface area contributed by atoms with E-state index in [0.29, 0.717) is 5.75 Å². The number of hydrogen-bond donors (Lipinski definition) is 1. The molecule has 1 aliphatic rings. The van der Waals surface area contributed by atoms with Crippen LogP contribution in [0.5, 0.6) is 5.75 Å². The van der Waals surface area contributed by atoms with Gasteiger partial charge in [0, 0.05) is 0 Å². The maximum atomic E-state index is 12.9. The highest BCUT2D eigenvalue weighted by Crippen LogP contribution is 2.25. The number of benzene rings is 2. The molecule has 1 amide bonds. The fourth-order valence-corrected chi connectivity index (χ4v) is 3.05. The van der Waals surface area contributed by atoms with Gasteiger partial charge < -0.3 is 10.1 Å². The number of ether oxygens (including phenoxy) is 1. The fourth-order valence-electron chi connectivity index (χ4n) is 3.05. The predicted octanol–water partition coefficient (Wildman–Crippen LogP) is 3.96. The van der Waals surface area contributed by atoms with Crippen molar-refractivity contribution in [3.05, 3.63) is 65.0 Å². The maximum absolute atomic E-state index is 12.9. The summed E-state index contributed by atoms with van der Waals surface area (Å²) in [6, 6.07) is 12.0. The van der Waals surface area contributed by atoms with E-state index in [0.717, 1.165) is 18.4 Å². The third-order valence-corrected chi connectivity index (χ3v) is 4.48. The zero-order chi connectivity index (χ0) is 17.1. The molecule has 0 aromatic heterocycles. The Balaban J connectivity index is 1.60. The first-order valence-electron chi connectivity index (χ1n) is 8.37. The molecule has 0 radical (unpaired) electrons. The van der Waals surface area contributed by atoms with Gasteiger partial charge in [-0.25, -0.2) is 4.39 Å². The number of nitrogens with one attached hydrogen (secondary N) is 1. The highest BCUT2D eigenvalue weighted by molar-refractivity contribution is 5.81. The normalized spacial score (nSPS) is 15.5. The predicted molar refractivity (Wildman–Crippen MR) is 91.5 cm³/mol. The fraction of sp³-hybridized carbons (Fsp3) is 0.350. The van der Waals surface area contributed by atoms with Gasteiger partial charge in [-0.3, -0.25) is 4.79 Å². The van der Waals surface area contributed by atoms with Crippen molar-refractivity contribution in [1.29, 1.82) is 0 Å². The Hall–Kier alpha value is -2.36. The molecule has 2 aromatic carbocycles. The van der Waals surface area contributed by atoms with Crippen molar-refractivity contribution in [2.75, 3.05) is 0 Å². The number of rotatable bonds is 5. The number of fused-ring (bicyclic) bond motifs is 1. The molecule has 3 nitrogen and oxygen atoms in total. The lowest BCUT2D eigenvalue weighted by atomic mass is 10.0. The van der Waals surface area contributed by atoms with E-state index in [4.69, 9.17) is 4.74 Å². The average molecular weight is 327 g/mol. The van der Waals surface area contributed by atoms with Crippen LogP contribution in [0.2, 0.25) is 0 Å². The van der Waals surface area contributed by atoms with E-state index in [2.05, 4.69) is 23.5 Å². The molecule has 0 unspecified atom stereocenters. The molecular weight excluding hydrogens is 305 g/mol. The summed E-state index contributed by atoms with van der Waals surface area (Å²) in [5, 5.41) is 2.98. The van der Waals surface area contributed by atoms with E-state index < -0.39 is 6.10 Å². The zero-order valence-electron chi connectivity index (χ0n) is 14.0. The molecule has 2 atom stereocenters. The Kier molecular flexibility index (Phi) is 4.84. The molecule has 0 aliphatic heterocycles. The van der Waals surface area contributed by atoms with Gasteiger partial charge in [0.05, 0.1) is 6.04 Å². The molecule has 0 fully saturated rings. The van der Waals surface area contributed by atoms with Gasteiger partial charge in [0.2, 0.25) is 0 Å². The van der Waals surface area contributed by atoms with E-state index in [9.17, 15) is 9.18 Å². The quantitative estimate of drug-likeness (QED) is 0.903. The molecule has 2 aromatic rings. The molecule has 0 saturated carbocycles. The van der Waals surface area contributed by atoms with Crippen LogP contribution in [0.3, 0.4) is 0 Å².